The van der Waals surface area contributed by atoms with E-state index < -0.39 is 0 Å². The molecule has 0 aromatic heterocycles. The SMILES string of the molecule is Cc1cccc(C(=O)N[C@@H](CN2CCN(C)CC2)c2ccccc2)c1. The lowest BCUT2D eigenvalue weighted by atomic mass is 10.0. The summed E-state index contributed by atoms with van der Waals surface area (Å²) in [5, 5.41) is 3.24. The van der Waals surface area contributed by atoms with E-state index in [2.05, 4.69) is 34.3 Å². The van der Waals surface area contributed by atoms with E-state index >= 15 is 0 Å². The molecule has 1 aliphatic heterocycles. The molecule has 4 nitrogen and oxygen atoms in total. The number of piperazine rings is 1. The third-order valence-electron chi connectivity index (χ3n) is 4.82. The molecule has 132 valence electrons. The molecule has 0 aliphatic carbocycles. The Morgan fingerprint density at radius 3 is 2.44 bits per heavy atom. The number of hydrogen-bond donors (Lipinski definition) is 1. The summed E-state index contributed by atoms with van der Waals surface area (Å²) in [6.07, 6.45) is 0. The van der Waals surface area contributed by atoms with E-state index in [4.69, 9.17) is 0 Å². The predicted octanol–water partition coefficient (Wildman–Crippen LogP) is 2.71. The monoisotopic (exact) mass is 337 g/mol. The van der Waals surface area contributed by atoms with E-state index in [0.717, 1.165) is 49.4 Å². The number of benzene rings is 2. The minimum atomic E-state index is -0.00770. The highest BCUT2D eigenvalue weighted by Crippen LogP contribution is 2.17. The number of carbonyl (C=O) groups excluding carboxylic acids is 1. The van der Waals surface area contributed by atoms with E-state index in [9.17, 15) is 4.79 Å². The summed E-state index contributed by atoms with van der Waals surface area (Å²) in [5.74, 6) is -0.00770. The van der Waals surface area contributed by atoms with Gasteiger partial charge in [0, 0.05) is 38.3 Å². The molecule has 0 unspecified atom stereocenters. The molecule has 1 fully saturated rings. The van der Waals surface area contributed by atoms with Crippen molar-refractivity contribution in [2.75, 3.05) is 39.8 Å². The van der Waals surface area contributed by atoms with Crippen molar-refractivity contribution in [3.05, 3.63) is 71.3 Å². The highest BCUT2D eigenvalue weighted by molar-refractivity contribution is 5.94. The number of carbonyl (C=O) groups is 1. The number of nitrogens with one attached hydrogen (secondary N) is 1. The molecule has 3 rings (SSSR count). The van der Waals surface area contributed by atoms with Gasteiger partial charge in [0.05, 0.1) is 6.04 Å². The molecule has 1 heterocycles. The standard InChI is InChI=1S/C21H27N3O/c1-17-7-6-10-19(15-17)21(25)22-20(18-8-4-3-5-9-18)16-24-13-11-23(2)12-14-24/h3-10,15,20H,11-14,16H2,1-2H3,(H,22,25)/t20-/m0/s1. The highest BCUT2D eigenvalue weighted by Gasteiger charge is 2.21. The van der Waals surface area contributed by atoms with Crippen molar-refractivity contribution in [2.24, 2.45) is 0 Å². The van der Waals surface area contributed by atoms with Crippen LogP contribution in [0.1, 0.15) is 27.5 Å². The van der Waals surface area contributed by atoms with Crippen molar-refractivity contribution >= 4 is 5.91 Å². The van der Waals surface area contributed by atoms with Crippen LogP contribution in [0.15, 0.2) is 54.6 Å². The molecular weight excluding hydrogens is 310 g/mol. The van der Waals surface area contributed by atoms with Crippen LogP contribution in [-0.2, 0) is 0 Å². The van der Waals surface area contributed by atoms with Crippen molar-refractivity contribution in [3.63, 3.8) is 0 Å². The molecule has 1 N–H and O–H groups in total. The molecule has 0 bridgehead atoms. The Hall–Kier alpha value is -2.17. The highest BCUT2D eigenvalue weighted by atomic mass is 16.1. The maximum atomic E-state index is 12.7. The number of likely N-dealkylation sites (N-methyl/N-ethyl adjacent to an activating group) is 1. The zero-order valence-electron chi connectivity index (χ0n) is 15.1. The van der Waals surface area contributed by atoms with Gasteiger partial charge in [-0.1, -0.05) is 48.0 Å². The zero-order valence-corrected chi connectivity index (χ0v) is 15.1. The van der Waals surface area contributed by atoms with Crippen molar-refractivity contribution in [3.8, 4) is 0 Å². The minimum Gasteiger partial charge on any atom is -0.344 e. The van der Waals surface area contributed by atoms with Crippen molar-refractivity contribution in [2.45, 2.75) is 13.0 Å². The van der Waals surface area contributed by atoms with Crippen LogP contribution in [0.5, 0.6) is 0 Å². The van der Waals surface area contributed by atoms with Gasteiger partial charge in [-0.05, 0) is 31.7 Å². The van der Waals surface area contributed by atoms with Crippen LogP contribution in [0.3, 0.4) is 0 Å². The van der Waals surface area contributed by atoms with Gasteiger partial charge in [0.25, 0.3) is 5.91 Å². The van der Waals surface area contributed by atoms with Crippen LogP contribution >= 0.6 is 0 Å². The summed E-state index contributed by atoms with van der Waals surface area (Å²) in [4.78, 5) is 17.5. The Balaban J connectivity index is 1.73. The average Bonchev–Trinajstić information content (AvgIpc) is 2.63. The molecular formula is C21H27N3O. The second kappa shape index (κ2) is 8.28. The first-order valence-electron chi connectivity index (χ1n) is 8.95. The Kier molecular flexibility index (Phi) is 5.84. The lowest BCUT2D eigenvalue weighted by molar-refractivity contribution is 0.0907. The lowest BCUT2D eigenvalue weighted by Crippen LogP contribution is -2.47. The number of rotatable bonds is 5. The molecule has 4 heteroatoms. The predicted molar refractivity (Wildman–Crippen MR) is 102 cm³/mol. The van der Waals surface area contributed by atoms with Gasteiger partial charge in [-0.3, -0.25) is 9.69 Å². The zero-order chi connectivity index (χ0) is 17.6. The van der Waals surface area contributed by atoms with E-state index in [1.54, 1.807) is 0 Å². The van der Waals surface area contributed by atoms with Gasteiger partial charge in [-0.2, -0.15) is 0 Å². The summed E-state index contributed by atoms with van der Waals surface area (Å²) < 4.78 is 0. The second-order valence-corrected chi connectivity index (χ2v) is 6.91. The van der Waals surface area contributed by atoms with Crippen molar-refractivity contribution in [1.29, 1.82) is 0 Å². The van der Waals surface area contributed by atoms with Gasteiger partial charge >= 0.3 is 0 Å². The van der Waals surface area contributed by atoms with Crippen LogP contribution in [0.4, 0.5) is 0 Å². The average molecular weight is 337 g/mol. The summed E-state index contributed by atoms with van der Waals surface area (Å²) in [5.41, 5.74) is 2.98. The van der Waals surface area contributed by atoms with Crippen LogP contribution in [0.2, 0.25) is 0 Å². The Morgan fingerprint density at radius 1 is 1.04 bits per heavy atom. The van der Waals surface area contributed by atoms with E-state index in [1.165, 1.54) is 0 Å². The van der Waals surface area contributed by atoms with E-state index in [1.807, 2.05) is 49.4 Å². The molecule has 0 saturated carbocycles. The second-order valence-electron chi connectivity index (χ2n) is 6.91. The maximum absolute atomic E-state index is 12.7. The summed E-state index contributed by atoms with van der Waals surface area (Å²) >= 11 is 0. The molecule has 1 aliphatic rings. The lowest BCUT2D eigenvalue weighted by Gasteiger charge is -2.35. The van der Waals surface area contributed by atoms with E-state index in [0.29, 0.717) is 0 Å². The Labute approximate surface area is 150 Å². The molecule has 2 aromatic carbocycles. The first-order valence-corrected chi connectivity index (χ1v) is 8.95. The fourth-order valence-corrected chi connectivity index (χ4v) is 3.24. The summed E-state index contributed by atoms with van der Waals surface area (Å²) in [6.45, 7) is 7.09. The molecule has 2 aromatic rings. The largest absolute Gasteiger partial charge is 0.344 e. The number of nitrogens with zero attached hydrogens (tertiary/aromatic N) is 2. The van der Waals surface area contributed by atoms with Crippen LogP contribution < -0.4 is 5.32 Å². The molecule has 25 heavy (non-hydrogen) atoms. The Bertz CT molecular complexity index is 693. The third-order valence-corrected chi connectivity index (χ3v) is 4.82. The number of hydrogen-bond acceptors (Lipinski definition) is 3. The van der Waals surface area contributed by atoms with Gasteiger partial charge in [-0.15, -0.1) is 0 Å². The fourth-order valence-electron chi connectivity index (χ4n) is 3.24. The van der Waals surface area contributed by atoms with Crippen molar-refractivity contribution in [1.82, 2.24) is 15.1 Å². The quantitative estimate of drug-likeness (QED) is 0.911. The molecule has 0 spiro atoms. The molecule has 0 radical (unpaired) electrons. The van der Waals surface area contributed by atoms with Gasteiger partial charge in [-0.25, -0.2) is 0 Å². The normalized spacial score (nSPS) is 17.2. The van der Waals surface area contributed by atoms with Crippen LogP contribution in [0.25, 0.3) is 0 Å². The molecule has 1 saturated heterocycles. The first kappa shape index (κ1) is 17.6. The molecule has 1 atom stereocenters. The first-order chi connectivity index (χ1) is 12.1. The summed E-state index contributed by atoms with van der Waals surface area (Å²) in [7, 11) is 2.16. The molecule has 1 amide bonds. The van der Waals surface area contributed by atoms with Gasteiger partial charge in [0.15, 0.2) is 0 Å². The Morgan fingerprint density at radius 2 is 1.76 bits per heavy atom. The van der Waals surface area contributed by atoms with Crippen LogP contribution in [0, 0.1) is 6.92 Å². The minimum absolute atomic E-state index is 0.00221. The van der Waals surface area contributed by atoms with Crippen LogP contribution in [-0.4, -0.2) is 55.5 Å². The third kappa shape index (κ3) is 4.91. The smallest absolute Gasteiger partial charge is 0.251 e. The van der Waals surface area contributed by atoms with Crippen molar-refractivity contribution < 1.29 is 4.79 Å². The number of amides is 1. The van der Waals surface area contributed by atoms with E-state index in [-0.39, 0.29) is 11.9 Å². The van der Waals surface area contributed by atoms with Gasteiger partial charge < -0.3 is 10.2 Å². The van der Waals surface area contributed by atoms with Gasteiger partial charge in [0.2, 0.25) is 0 Å². The fraction of sp³-hybridized carbons (Fsp3) is 0.381. The topological polar surface area (TPSA) is 35.6 Å². The summed E-state index contributed by atoms with van der Waals surface area (Å²) in [6, 6.07) is 18.0. The number of aryl methyl sites for hydroxylation is 1. The maximum Gasteiger partial charge on any atom is 0.251 e. The van der Waals surface area contributed by atoms with Gasteiger partial charge in [0.1, 0.15) is 0 Å².